The fourth-order valence-electron chi connectivity index (χ4n) is 5.30. The van der Waals surface area contributed by atoms with E-state index in [9.17, 15) is 14.7 Å². The number of anilines is 1. The molecule has 2 aliphatic heterocycles. The molecule has 1 aromatic heterocycles. The molecule has 5 aromatic rings. The van der Waals surface area contributed by atoms with Crippen LogP contribution in [0.1, 0.15) is 22.7 Å². The first-order valence-corrected chi connectivity index (χ1v) is 14.7. The van der Waals surface area contributed by atoms with E-state index in [-0.39, 0.29) is 11.3 Å². The van der Waals surface area contributed by atoms with Crippen LogP contribution in [-0.4, -0.2) is 42.1 Å². The highest BCUT2D eigenvalue weighted by Crippen LogP contribution is 2.45. The number of ketones is 1. The van der Waals surface area contributed by atoms with Gasteiger partial charge in [0, 0.05) is 5.56 Å². The number of carbonyl (C=O) groups excluding carboxylic acids is 2. The van der Waals surface area contributed by atoms with E-state index in [1.807, 2.05) is 36.4 Å². The molecule has 0 spiro atoms. The van der Waals surface area contributed by atoms with Crippen molar-refractivity contribution in [2.24, 2.45) is 0 Å². The lowest BCUT2D eigenvalue weighted by molar-refractivity contribution is -0.132. The van der Waals surface area contributed by atoms with Crippen LogP contribution in [0.4, 0.5) is 5.13 Å². The van der Waals surface area contributed by atoms with Gasteiger partial charge in [0.1, 0.15) is 37.1 Å². The van der Waals surface area contributed by atoms with Gasteiger partial charge in [-0.2, -0.15) is 0 Å². The molecule has 1 saturated heterocycles. The molecule has 0 bridgehead atoms. The molecule has 10 heteroatoms. The first-order chi connectivity index (χ1) is 21.5. The summed E-state index contributed by atoms with van der Waals surface area (Å²) in [6, 6.07) is 26.3. The molecule has 1 amide bonds. The normalized spacial score (nSPS) is 17.2. The highest BCUT2D eigenvalue weighted by molar-refractivity contribution is 7.22. The Kier molecular flexibility index (Phi) is 7.11. The Hall–Kier alpha value is -5.35. The number of rotatable bonds is 7. The molecule has 4 aromatic carbocycles. The third-order valence-electron chi connectivity index (χ3n) is 7.49. The van der Waals surface area contributed by atoms with Gasteiger partial charge >= 0.3 is 5.91 Å². The fraction of sp³-hybridized carbons (Fsp3) is 0.147. The molecule has 3 heterocycles. The van der Waals surface area contributed by atoms with Gasteiger partial charge in [-0.3, -0.25) is 14.5 Å². The topological polar surface area (TPSA) is 107 Å². The number of hydrogen-bond donors (Lipinski definition) is 1. The van der Waals surface area contributed by atoms with Gasteiger partial charge in [-0.05, 0) is 59.7 Å². The van der Waals surface area contributed by atoms with Crippen LogP contribution in [0.5, 0.6) is 23.0 Å². The number of carbonyl (C=O) groups is 2. The fourth-order valence-corrected chi connectivity index (χ4v) is 6.32. The van der Waals surface area contributed by atoms with Gasteiger partial charge in [0.2, 0.25) is 0 Å². The number of fused-ring (bicyclic) bond motifs is 2. The van der Waals surface area contributed by atoms with Crippen LogP contribution >= 0.6 is 11.3 Å². The van der Waals surface area contributed by atoms with Gasteiger partial charge in [-0.1, -0.05) is 53.8 Å². The van der Waals surface area contributed by atoms with Gasteiger partial charge in [-0.15, -0.1) is 0 Å². The molecule has 44 heavy (non-hydrogen) atoms. The molecule has 9 nitrogen and oxygen atoms in total. The highest BCUT2D eigenvalue weighted by Gasteiger charge is 2.48. The number of hydrogen-bond acceptors (Lipinski definition) is 9. The standard InChI is InChI=1S/C34H26N2O7S/c1-40-24-12-13-25-28(18-24)44-34(35-25)36-30(21-7-10-23(11-8-21)43-19-20-5-3-2-4-6-20)29(32(38)33(36)39)31(37)22-9-14-26-27(17-22)42-16-15-41-26/h2-14,17-18,30,37H,15-16,19H2,1H3/b31-29+/t30-/m0/s1. The summed E-state index contributed by atoms with van der Waals surface area (Å²) in [7, 11) is 1.58. The number of amides is 1. The van der Waals surface area contributed by atoms with Crippen LogP contribution < -0.4 is 23.8 Å². The minimum atomic E-state index is -0.950. The van der Waals surface area contributed by atoms with Gasteiger partial charge in [0.15, 0.2) is 16.6 Å². The summed E-state index contributed by atoms with van der Waals surface area (Å²) >= 11 is 1.26. The van der Waals surface area contributed by atoms with Crippen molar-refractivity contribution in [1.82, 2.24) is 4.98 Å². The molecule has 1 fully saturated rings. The van der Waals surface area contributed by atoms with Crippen molar-refractivity contribution in [2.45, 2.75) is 12.6 Å². The summed E-state index contributed by atoms with van der Waals surface area (Å²) in [6.45, 7) is 1.17. The molecular formula is C34H26N2O7S. The summed E-state index contributed by atoms with van der Waals surface area (Å²) in [5.74, 6) is 0.338. The molecular weight excluding hydrogens is 580 g/mol. The summed E-state index contributed by atoms with van der Waals surface area (Å²) in [6.07, 6.45) is 0. The minimum absolute atomic E-state index is 0.0542. The lowest BCUT2D eigenvalue weighted by Crippen LogP contribution is -2.29. The summed E-state index contributed by atoms with van der Waals surface area (Å²) in [5.41, 5.74) is 2.56. The van der Waals surface area contributed by atoms with E-state index in [0.29, 0.717) is 64.6 Å². The summed E-state index contributed by atoms with van der Waals surface area (Å²) < 4.78 is 23.4. The van der Waals surface area contributed by atoms with E-state index >= 15 is 0 Å². The van der Waals surface area contributed by atoms with Gasteiger partial charge < -0.3 is 24.1 Å². The maximum absolute atomic E-state index is 13.7. The van der Waals surface area contributed by atoms with Crippen LogP contribution in [0.3, 0.4) is 0 Å². The van der Waals surface area contributed by atoms with Crippen molar-refractivity contribution in [2.75, 3.05) is 25.2 Å². The van der Waals surface area contributed by atoms with Crippen LogP contribution in [0.25, 0.3) is 16.0 Å². The number of methoxy groups -OCH3 is 1. The van der Waals surface area contributed by atoms with Crippen LogP contribution in [0.2, 0.25) is 0 Å². The average Bonchev–Trinajstić information content (AvgIpc) is 3.61. The number of aliphatic hydroxyl groups excluding tert-OH is 1. The van der Waals surface area contributed by atoms with Crippen molar-refractivity contribution in [3.8, 4) is 23.0 Å². The number of Topliss-reactive ketones (excluding diaryl/α,β-unsaturated/α-hetero) is 1. The van der Waals surface area contributed by atoms with Crippen molar-refractivity contribution < 1.29 is 33.6 Å². The SMILES string of the molecule is COc1ccc2nc(N3C(=O)C(=O)/C(=C(/O)c4ccc5c(c4)OCCO5)[C@@H]3c3ccc(OCc4ccccc4)cc3)sc2c1. The van der Waals surface area contributed by atoms with Gasteiger partial charge in [0.25, 0.3) is 5.78 Å². The van der Waals surface area contributed by atoms with Crippen molar-refractivity contribution in [3.63, 3.8) is 0 Å². The van der Waals surface area contributed by atoms with Gasteiger partial charge in [0.05, 0.1) is 28.9 Å². The molecule has 0 aliphatic carbocycles. The maximum Gasteiger partial charge on any atom is 0.301 e. The van der Waals surface area contributed by atoms with Gasteiger partial charge in [-0.25, -0.2) is 4.98 Å². The van der Waals surface area contributed by atoms with Crippen LogP contribution in [0, 0.1) is 0 Å². The number of ether oxygens (including phenoxy) is 4. The summed E-state index contributed by atoms with van der Waals surface area (Å²) in [5, 5.41) is 11.9. The van der Waals surface area contributed by atoms with Crippen LogP contribution in [-0.2, 0) is 16.2 Å². The van der Waals surface area contributed by atoms with Crippen molar-refractivity contribution in [3.05, 3.63) is 113 Å². The number of aromatic nitrogens is 1. The molecule has 0 unspecified atom stereocenters. The quantitative estimate of drug-likeness (QED) is 0.131. The predicted molar refractivity (Wildman–Crippen MR) is 166 cm³/mol. The zero-order valence-electron chi connectivity index (χ0n) is 23.6. The molecule has 7 rings (SSSR count). The lowest BCUT2D eigenvalue weighted by atomic mass is 9.95. The number of aliphatic hydroxyl groups is 1. The lowest BCUT2D eigenvalue weighted by Gasteiger charge is -2.23. The van der Waals surface area contributed by atoms with Crippen molar-refractivity contribution in [1.29, 1.82) is 0 Å². The zero-order chi connectivity index (χ0) is 30.2. The Morgan fingerprint density at radius 3 is 2.45 bits per heavy atom. The first kappa shape index (κ1) is 27.5. The largest absolute Gasteiger partial charge is 0.507 e. The smallest absolute Gasteiger partial charge is 0.301 e. The Morgan fingerprint density at radius 1 is 0.932 bits per heavy atom. The summed E-state index contributed by atoms with van der Waals surface area (Å²) in [4.78, 5) is 33.4. The first-order valence-electron chi connectivity index (χ1n) is 13.9. The average molecular weight is 607 g/mol. The minimum Gasteiger partial charge on any atom is -0.507 e. The van der Waals surface area contributed by atoms with E-state index in [0.717, 1.165) is 10.3 Å². The molecule has 0 radical (unpaired) electrons. The van der Waals surface area contributed by atoms with E-state index in [1.165, 1.54) is 16.2 Å². The molecule has 2 aliphatic rings. The Morgan fingerprint density at radius 2 is 1.68 bits per heavy atom. The Labute approximate surface area is 256 Å². The third-order valence-corrected chi connectivity index (χ3v) is 8.51. The second kappa shape index (κ2) is 11.4. The highest BCUT2D eigenvalue weighted by atomic mass is 32.1. The molecule has 1 atom stereocenters. The van der Waals surface area contributed by atoms with Crippen LogP contribution in [0.15, 0.2) is 96.6 Å². The molecule has 0 saturated carbocycles. The second-order valence-corrected chi connectivity index (χ2v) is 11.2. The van der Waals surface area contributed by atoms with E-state index in [2.05, 4.69) is 4.98 Å². The predicted octanol–water partition coefficient (Wildman–Crippen LogP) is 6.28. The monoisotopic (exact) mass is 606 g/mol. The van der Waals surface area contributed by atoms with E-state index < -0.39 is 17.7 Å². The molecule has 1 N–H and O–H groups in total. The molecule has 220 valence electrons. The van der Waals surface area contributed by atoms with Crippen molar-refractivity contribution >= 4 is 44.1 Å². The maximum atomic E-state index is 13.7. The van der Waals surface area contributed by atoms with E-state index in [4.69, 9.17) is 18.9 Å². The zero-order valence-corrected chi connectivity index (χ0v) is 24.4. The Balaban J connectivity index is 1.31. The Bertz CT molecular complexity index is 1920. The number of benzene rings is 4. The number of thiazole rings is 1. The third kappa shape index (κ3) is 4.99. The number of nitrogens with zero attached hydrogens (tertiary/aromatic N) is 2. The van der Waals surface area contributed by atoms with E-state index in [1.54, 1.807) is 61.7 Å². The second-order valence-electron chi connectivity index (χ2n) is 10.2.